The first-order valence-corrected chi connectivity index (χ1v) is 8.41. The first-order valence-electron chi connectivity index (χ1n) is 5.69. The lowest BCUT2D eigenvalue weighted by atomic mass is 10.2. The molecular formula is C11H13N3O3S2. The monoisotopic (exact) mass is 299 g/mol. The third-order valence-electron chi connectivity index (χ3n) is 2.95. The van der Waals surface area contributed by atoms with Gasteiger partial charge in [-0.1, -0.05) is 0 Å². The number of nitrogens with one attached hydrogen (secondary N) is 1. The van der Waals surface area contributed by atoms with E-state index in [2.05, 4.69) is 5.32 Å². The summed E-state index contributed by atoms with van der Waals surface area (Å²) in [5.41, 5.74) is 0.391. The van der Waals surface area contributed by atoms with Crippen LogP contribution in [0.3, 0.4) is 0 Å². The molecule has 0 radical (unpaired) electrons. The van der Waals surface area contributed by atoms with Crippen LogP contribution in [-0.2, 0) is 14.8 Å². The van der Waals surface area contributed by atoms with Gasteiger partial charge in [0.15, 0.2) is 0 Å². The van der Waals surface area contributed by atoms with Gasteiger partial charge in [0.25, 0.3) is 0 Å². The van der Waals surface area contributed by atoms with E-state index < -0.39 is 16.1 Å². The molecule has 1 aromatic heterocycles. The van der Waals surface area contributed by atoms with E-state index >= 15 is 0 Å². The molecule has 1 atom stereocenters. The minimum absolute atomic E-state index is 0.368. The molecule has 102 valence electrons. The Labute approximate surface area is 115 Å². The average molecular weight is 299 g/mol. The van der Waals surface area contributed by atoms with E-state index in [9.17, 15) is 13.2 Å². The highest BCUT2D eigenvalue weighted by atomic mass is 32.2. The minimum Gasteiger partial charge on any atom is -0.315 e. The van der Waals surface area contributed by atoms with Crippen molar-refractivity contribution in [2.45, 2.75) is 18.9 Å². The van der Waals surface area contributed by atoms with Crippen LogP contribution in [0.15, 0.2) is 11.4 Å². The van der Waals surface area contributed by atoms with Crippen molar-refractivity contribution in [3.63, 3.8) is 0 Å². The quantitative estimate of drug-likeness (QED) is 0.901. The van der Waals surface area contributed by atoms with Gasteiger partial charge in [0.2, 0.25) is 15.9 Å². The summed E-state index contributed by atoms with van der Waals surface area (Å²) >= 11 is 1.25. The summed E-state index contributed by atoms with van der Waals surface area (Å²) in [6.45, 7) is 0.368. The molecule has 0 aromatic carbocycles. The maximum absolute atomic E-state index is 12.1. The Morgan fingerprint density at radius 1 is 1.63 bits per heavy atom. The number of hydrogen-bond acceptors (Lipinski definition) is 5. The highest BCUT2D eigenvalue weighted by Crippen LogP contribution is 2.25. The zero-order valence-electron chi connectivity index (χ0n) is 10.3. The van der Waals surface area contributed by atoms with E-state index in [1.54, 1.807) is 11.4 Å². The van der Waals surface area contributed by atoms with Crippen LogP contribution in [0.2, 0.25) is 0 Å². The predicted molar refractivity (Wildman–Crippen MR) is 72.2 cm³/mol. The number of amides is 1. The van der Waals surface area contributed by atoms with Crippen molar-refractivity contribution in [3.05, 3.63) is 17.0 Å². The molecule has 1 aliphatic rings. The van der Waals surface area contributed by atoms with Crippen molar-refractivity contribution in [1.82, 2.24) is 4.31 Å². The SMILES string of the molecule is CS(=O)(=O)N1CCC[C@@H]1C(=O)Nc1sccc1C#N. The van der Waals surface area contributed by atoms with Gasteiger partial charge in [-0.2, -0.15) is 9.57 Å². The van der Waals surface area contributed by atoms with Crippen LogP contribution in [0.25, 0.3) is 0 Å². The fraction of sp³-hybridized carbons (Fsp3) is 0.455. The number of anilines is 1. The summed E-state index contributed by atoms with van der Waals surface area (Å²) in [6.07, 6.45) is 2.28. The van der Waals surface area contributed by atoms with Gasteiger partial charge in [0.1, 0.15) is 17.1 Å². The topological polar surface area (TPSA) is 90.3 Å². The number of thiophene rings is 1. The van der Waals surface area contributed by atoms with Crippen molar-refractivity contribution >= 4 is 32.3 Å². The van der Waals surface area contributed by atoms with Crippen molar-refractivity contribution in [2.75, 3.05) is 18.1 Å². The largest absolute Gasteiger partial charge is 0.315 e. The lowest BCUT2D eigenvalue weighted by Gasteiger charge is -2.20. The van der Waals surface area contributed by atoms with E-state index in [1.165, 1.54) is 15.6 Å². The molecule has 1 aliphatic heterocycles. The maximum atomic E-state index is 12.1. The van der Waals surface area contributed by atoms with Gasteiger partial charge in [-0.3, -0.25) is 4.79 Å². The van der Waals surface area contributed by atoms with Gasteiger partial charge < -0.3 is 5.32 Å². The van der Waals surface area contributed by atoms with Crippen LogP contribution in [0.4, 0.5) is 5.00 Å². The smallest absolute Gasteiger partial charge is 0.243 e. The number of nitriles is 1. The van der Waals surface area contributed by atoms with E-state index in [1.807, 2.05) is 6.07 Å². The summed E-state index contributed by atoms with van der Waals surface area (Å²) in [7, 11) is -3.38. The molecule has 1 N–H and O–H groups in total. The zero-order chi connectivity index (χ0) is 14.0. The van der Waals surface area contributed by atoms with E-state index in [-0.39, 0.29) is 5.91 Å². The number of carbonyl (C=O) groups is 1. The molecule has 2 heterocycles. The molecule has 0 saturated carbocycles. The van der Waals surface area contributed by atoms with Crippen LogP contribution in [0.1, 0.15) is 18.4 Å². The standard InChI is InChI=1S/C11H13N3O3S2/c1-19(16,17)14-5-2-3-9(14)10(15)13-11-8(7-12)4-6-18-11/h4,6,9H,2-3,5H2,1H3,(H,13,15)/t9-/m1/s1. The van der Waals surface area contributed by atoms with Crippen molar-refractivity contribution < 1.29 is 13.2 Å². The molecule has 0 spiro atoms. The fourth-order valence-corrected chi connectivity index (χ4v) is 3.95. The third-order valence-corrected chi connectivity index (χ3v) is 5.07. The number of sulfonamides is 1. The molecule has 8 heteroatoms. The van der Waals surface area contributed by atoms with Crippen LogP contribution >= 0.6 is 11.3 Å². The highest BCUT2D eigenvalue weighted by Gasteiger charge is 2.36. The second-order valence-corrected chi connectivity index (χ2v) is 7.15. The van der Waals surface area contributed by atoms with Crippen LogP contribution in [0.5, 0.6) is 0 Å². The Morgan fingerprint density at radius 2 is 2.37 bits per heavy atom. The Hall–Kier alpha value is -1.43. The van der Waals surface area contributed by atoms with Crippen molar-refractivity contribution in [1.29, 1.82) is 5.26 Å². The maximum Gasteiger partial charge on any atom is 0.243 e. The molecule has 6 nitrogen and oxygen atoms in total. The Morgan fingerprint density at radius 3 is 3.00 bits per heavy atom. The van der Waals surface area contributed by atoms with Gasteiger partial charge >= 0.3 is 0 Å². The molecule has 1 saturated heterocycles. The third kappa shape index (κ3) is 2.94. The van der Waals surface area contributed by atoms with Crippen LogP contribution in [-0.4, -0.2) is 37.5 Å². The second-order valence-electron chi connectivity index (χ2n) is 4.30. The predicted octanol–water partition coefficient (Wildman–Crippen LogP) is 0.982. The van der Waals surface area contributed by atoms with Crippen LogP contribution < -0.4 is 5.32 Å². The Bertz CT molecular complexity index is 630. The molecular weight excluding hydrogens is 286 g/mol. The summed E-state index contributed by atoms with van der Waals surface area (Å²) < 4.78 is 24.4. The number of rotatable bonds is 3. The minimum atomic E-state index is -3.38. The summed E-state index contributed by atoms with van der Waals surface area (Å²) in [4.78, 5) is 12.1. The number of hydrogen-bond donors (Lipinski definition) is 1. The van der Waals surface area contributed by atoms with E-state index in [0.29, 0.717) is 30.0 Å². The molecule has 1 amide bonds. The molecule has 0 aliphatic carbocycles. The Balaban J connectivity index is 2.15. The summed E-state index contributed by atoms with van der Waals surface area (Å²) in [6, 6.07) is 2.91. The molecule has 1 aromatic rings. The summed E-state index contributed by atoms with van der Waals surface area (Å²) in [5.74, 6) is -0.373. The van der Waals surface area contributed by atoms with Gasteiger partial charge in [-0.05, 0) is 24.3 Å². The van der Waals surface area contributed by atoms with Gasteiger partial charge in [0.05, 0.1) is 11.8 Å². The van der Waals surface area contributed by atoms with Gasteiger partial charge in [-0.15, -0.1) is 11.3 Å². The van der Waals surface area contributed by atoms with Gasteiger partial charge in [-0.25, -0.2) is 8.42 Å². The lowest BCUT2D eigenvalue weighted by molar-refractivity contribution is -0.119. The molecule has 0 bridgehead atoms. The molecule has 1 fully saturated rings. The van der Waals surface area contributed by atoms with Crippen molar-refractivity contribution in [2.24, 2.45) is 0 Å². The summed E-state index contributed by atoms with van der Waals surface area (Å²) in [5, 5.41) is 13.7. The number of carbonyl (C=O) groups excluding carboxylic acids is 1. The highest BCUT2D eigenvalue weighted by molar-refractivity contribution is 7.88. The van der Waals surface area contributed by atoms with Gasteiger partial charge in [0, 0.05) is 6.54 Å². The zero-order valence-corrected chi connectivity index (χ0v) is 11.9. The fourth-order valence-electron chi connectivity index (χ4n) is 2.09. The van der Waals surface area contributed by atoms with E-state index in [0.717, 1.165) is 6.26 Å². The second kappa shape index (κ2) is 5.28. The lowest BCUT2D eigenvalue weighted by Crippen LogP contribution is -2.42. The Kier molecular flexibility index (Phi) is 3.89. The number of nitrogens with zero attached hydrogens (tertiary/aromatic N) is 2. The molecule has 19 heavy (non-hydrogen) atoms. The van der Waals surface area contributed by atoms with Crippen LogP contribution in [0, 0.1) is 11.3 Å². The molecule has 2 rings (SSSR count). The first-order chi connectivity index (χ1) is 8.93. The average Bonchev–Trinajstić information content (AvgIpc) is 2.95. The normalized spacial score (nSPS) is 20.1. The molecule has 0 unspecified atom stereocenters. The first kappa shape index (κ1) is 14.0. The van der Waals surface area contributed by atoms with E-state index in [4.69, 9.17) is 5.26 Å². The van der Waals surface area contributed by atoms with Crippen molar-refractivity contribution in [3.8, 4) is 6.07 Å².